The number of benzene rings is 1. The molecule has 0 amide bonds. The van der Waals surface area contributed by atoms with E-state index in [0.717, 1.165) is 11.0 Å². The van der Waals surface area contributed by atoms with Crippen LogP contribution in [0.5, 0.6) is 0 Å². The Hall–Kier alpha value is -1.77. The Balaban J connectivity index is 3.11. The maximum Gasteiger partial charge on any atom is 0.405 e. The zero-order chi connectivity index (χ0) is 13.9. The summed E-state index contributed by atoms with van der Waals surface area (Å²) in [5, 5.41) is 8.58. The number of anilines is 1. The van der Waals surface area contributed by atoms with Crippen molar-refractivity contribution in [2.75, 3.05) is 11.4 Å². The van der Waals surface area contributed by atoms with Crippen LogP contribution in [0, 0.1) is 17.1 Å². The van der Waals surface area contributed by atoms with Crippen LogP contribution in [0.3, 0.4) is 0 Å². The second-order valence-corrected chi connectivity index (χ2v) is 4.11. The molecule has 6 heteroatoms. The summed E-state index contributed by atoms with van der Waals surface area (Å²) in [4.78, 5) is 0.913. The molecule has 0 fully saturated rings. The first kappa shape index (κ1) is 14.3. The number of rotatable bonds is 3. The van der Waals surface area contributed by atoms with Crippen molar-refractivity contribution in [1.82, 2.24) is 0 Å². The zero-order valence-electron chi connectivity index (χ0n) is 9.92. The van der Waals surface area contributed by atoms with Crippen LogP contribution in [0.15, 0.2) is 18.2 Å². The SMILES string of the molecule is CC(C)N(CC(F)(F)F)c1ccc(C#N)cc1F. The largest absolute Gasteiger partial charge is 0.405 e. The lowest BCUT2D eigenvalue weighted by atomic mass is 10.1. The summed E-state index contributed by atoms with van der Waals surface area (Å²) < 4.78 is 50.9. The second-order valence-electron chi connectivity index (χ2n) is 4.11. The number of halogens is 4. The summed E-state index contributed by atoms with van der Waals surface area (Å²) >= 11 is 0. The van der Waals surface area contributed by atoms with Crippen LogP contribution in [0.4, 0.5) is 23.2 Å². The van der Waals surface area contributed by atoms with Crippen molar-refractivity contribution in [2.24, 2.45) is 0 Å². The fourth-order valence-corrected chi connectivity index (χ4v) is 1.55. The number of nitrogens with zero attached hydrogens (tertiary/aromatic N) is 2. The van der Waals surface area contributed by atoms with E-state index in [4.69, 9.17) is 5.26 Å². The molecule has 0 radical (unpaired) electrons. The Bertz CT molecular complexity index is 460. The van der Waals surface area contributed by atoms with Gasteiger partial charge in [-0.25, -0.2) is 4.39 Å². The molecule has 0 saturated heterocycles. The van der Waals surface area contributed by atoms with Gasteiger partial charge in [0.25, 0.3) is 0 Å². The second kappa shape index (κ2) is 5.25. The van der Waals surface area contributed by atoms with E-state index in [1.807, 2.05) is 0 Å². The van der Waals surface area contributed by atoms with Crippen LogP contribution in [0.25, 0.3) is 0 Å². The van der Waals surface area contributed by atoms with E-state index in [1.54, 1.807) is 19.9 Å². The summed E-state index contributed by atoms with van der Waals surface area (Å²) in [6.45, 7) is 1.86. The highest BCUT2D eigenvalue weighted by molar-refractivity contribution is 5.52. The zero-order valence-corrected chi connectivity index (χ0v) is 9.92. The van der Waals surface area contributed by atoms with Gasteiger partial charge in [-0.1, -0.05) is 0 Å². The Labute approximate surface area is 102 Å². The van der Waals surface area contributed by atoms with Crippen LogP contribution in [0.1, 0.15) is 19.4 Å². The minimum atomic E-state index is -4.41. The van der Waals surface area contributed by atoms with Gasteiger partial charge in [0.05, 0.1) is 17.3 Å². The molecule has 0 unspecified atom stereocenters. The summed E-state index contributed by atoms with van der Waals surface area (Å²) in [6, 6.07) is 4.65. The van der Waals surface area contributed by atoms with Crippen LogP contribution in [-0.4, -0.2) is 18.8 Å². The lowest BCUT2D eigenvalue weighted by Crippen LogP contribution is -2.39. The average molecular weight is 260 g/mol. The van der Waals surface area contributed by atoms with Crippen molar-refractivity contribution in [3.63, 3.8) is 0 Å². The molecule has 1 aromatic rings. The standard InChI is InChI=1S/C12H12F4N2/c1-8(2)18(7-12(14,15)16)11-4-3-9(6-17)5-10(11)13/h3-5,8H,7H2,1-2H3. The molecule has 0 N–H and O–H groups in total. The van der Waals surface area contributed by atoms with E-state index in [1.165, 1.54) is 12.1 Å². The molecule has 0 aliphatic heterocycles. The van der Waals surface area contributed by atoms with Crippen molar-refractivity contribution in [3.05, 3.63) is 29.6 Å². The van der Waals surface area contributed by atoms with Gasteiger partial charge in [-0.05, 0) is 32.0 Å². The van der Waals surface area contributed by atoms with E-state index < -0.39 is 24.6 Å². The molecule has 0 aromatic heterocycles. The predicted molar refractivity (Wildman–Crippen MR) is 59.7 cm³/mol. The molecule has 0 aliphatic rings. The van der Waals surface area contributed by atoms with Crippen LogP contribution >= 0.6 is 0 Å². The predicted octanol–water partition coefficient (Wildman–Crippen LogP) is 3.47. The third-order valence-corrected chi connectivity index (χ3v) is 2.36. The molecule has 98 valence electrons. The van der Waals surface area contributed by atoms with Gasteiger partial charge in [-0.2, -0.15) is 18.4 Å². The molecular formula is C12H12F4N2. The normalized spacial score (nSPS) is 11.4. The molecule has 2 nitrogen and oxygen atoms in total. The maximum atomic E-state index is 13.7. The molecule has 0 spiro atoms. The first-order valence-electron chi connectivity index (χ1n) is 5.27. The van der Waals surface area contributed by atoms with E-state index in [-0.39, 0.29) is 11.3 Å². The van der Waals surface area contributed by atoms with Gasteiger partial charge in [0.15, 0.2) is 0 Å². The molecular weight excluding hydrogens is 248 g/mol. The highest BCUT2D eigenvalue weighted by atomic mass is 19.4. The summed E-state index contributed by atoms with van der Waals surface area (Å²) in [5.41, 5.74) is -0.0757. The topological polar surface area (TPSA) is 27.0 Å². The maximum absolute atomic E-state index is 13.7. The fourth-order valence-electron chi connectivity index (χ4n) is 1.55. The third kappa shape index (κ3) is 3.62. The van der Waals surface area contributed by atoms with Gasteiger partial charge >= 0.3 is 6.18 Å². The van der Waals surface area contributed by atoms with Crippen molar-refractivity contribution < 1.29 is 17.6 Å². The lowest BCUT2D eigenvalue weighted by Gasteiger charge is -2.30. The molecule has 0 aliphatic carbocycles. The van der Waals surface area contributed by atoms with Crippen molar-refractivity contribution in [1.29, 1.82) is 5.26 Å². The Morgan fingerprint density at radius 1 is 1.33 bits per heavy atom. The smallest absolute Gasteiger partial charge is 0.358 e. The minimum absolute atomic E-state index is 0.0759. The average Bonchev–Trinajstić information content (AvgIpc) is 2.24. The first-order chi connectivity index (χ1) is 8.24. The molecule has 1 rings (SSSR count). The number of nitriles is 1. The number of hydrogen-bond acceptors (Lipinski definition) is 2. The summed E-state index contributed by atoms with van der Waals surface area (Å²) in [7, 11) is 0. The van der Waals surface area contributed by atoms with Crippen LogP contribution < -0.4 is 4.90 Å². The van der Waals surface area contributed by atoms with Gasteiger partial charge in [-0.3, -0.25) is 0 Å². The van der Waals surface area contributed by atoms with Crippen molar-refractivity contribution in [3.8, 4) is 6.07 Å². The Morgan fingerprint density at radius 2 is 1.94 bits per heavy atom. The van der Waals surface area contributed by atoms with Gasteiger partial charge in [0.2, 0.25) is 0 Å². The molecule has 0 atom stereocenters. The first-order valence-corrected chi connectivity index (χ1v) is 5.27. The highest BCUT2D eigenvalue weighted by Crippen LogP contribution is 2.27. The molecule has 0 saturated carbocycles. The van der Waals surface area contributed by atoms with Gasteiger partial charge in [0.1, 0.15) is 12.4 Å². The monoisotopic (exact) mass is 260 g/mol. The van der Waals surface area contributed by atoms with Gasteiger partial charge in [-0.15, -0.1) is 0 Å². The summed E-state index contributed by atoms with van der Waals surface area (Å²) in [5.74, 6) is -0.827. The van der Waals surface area contributed by atoms with E-state index >= 15 is 0 Å². The van der Waals surface area contributed by atoms with Crippen molar-refractivity contribution in [2.45, 2.75) is 26.1 Å². The fraction of sp³-hybridized carbons (Fsp3) is 0.417. The van der Waals surface area contributed by atoms with Gasteiger partial charge < -0.3 is 4.90 Å². The number of alkyl halides is 3. The quantitative estimate of drug-likeness (QED) is 0.778. The van der Waals surface area contributed by atoms with Crippen LogP contribution in [-0.2, 0) is 0 Å². The molecule has 0 bridgehead atoms. The number of hydrogen-bond donors (Lipinski definition) is 0. The minimum Gasteiger partial charge on any atom is -0.358 e. The Morgan fingerprint density at radius 3 is 2.33 bits per heavy atom. The molecule has 18 heavy (non-hydrogen) atoms. The van der Waals surface area contributed by atoms with Crippen LogP contribution in [0.2, 0.25) is 0 Å². The van der Waals surface area contributed by atoms with E-state index in [0.29, 0.717) is 0 Å². The molecule has 0 heterocycles. The third-order valence-electron chi connectivity index (χ3n) is 2.36. The van der Waals surface area contributed by atoms with E-state index in [9.17, 15) is 17.6 Å². The highest BCUT2D eigenvalue weighted by Gasteiger charge is 2.32. The van der Waals surface area contributed by atoms with Gasteiger partial charge in [0, 0.05) is 6.04 Å². The lowest BCUT2D eigenvalue weighted by molar-refractivity contribution is -0.120. The molecule has 1 aromatic carbocycles. The van der Waals surface area contributed by atoms with E-state index in [2.05, 4.69) is 0 Å². The summed E-state index contributed by atoms with van der Waals surface area (Å²) in [6.07, 6.45) is -4.41. The Kier molecular flexibility index (Phi) is 4.17. The van der Waals surface area contributed by atoms with Crippen molar-refractivity contribution >= 4 is 5.69 Å².